The van der Waals surface area contributed by atoms with Gasteiger partial charge in [0.2, 0.25) is 0 Å². The Morgan fingerprint density at radius 1 is 0.932 bits per heavy atom. The van der Waals surface area contributed by atoms with Crippen molar-refractivity contribution in [3.05, 3.63) is 80.8 Å². The molecule has 1 spiro atoms. The molecule has 1 aromatic carbocycles. The maximum absolute atomic E-state index is 15.6. The summed E-state index contributed by atoms with van der Waals surface area (Å²) in [5, 5.41) is 33.9. The molecular formula is C38H48O6. The van der Waals surface area contributed by atoms with Gasteiger partial charge < -0.3 is 19.7 Å². The summed E-state index contributed by atoms with van der Waals surface area (Å²) in [5.41, 5.74) is -1.11. The lowest BCUT2D eigenvalue weighted by Gasteiger charge is -2.67. The number of phenolic OH excluding ortho intramolecular Hbond substituents is 2. The highest BCUT2D eigenvalue weighted by Gasteiger charge is 2.77. The van der Waals surface area contributed by atoms with Crippen LogP contribution in [-0.4, -0.2) is 21.1 Å². The van der Waals surface area contributed by atoms with Crippen molar-refractivity contribution in [2.24, 2.45) is 22.7 Å². The number of benzene rings is 1. The van der Waals surface area contributed by atoms with E-state index in [1.54, 1.807) is 0 Å². The SMILES string of the molecule is C=C1CC2(O)c3c(oc4cc(O)c(O)cc4c3=O)C3(CC=C(C)C)C(=O)C2(CC1CC=C(C)C)CC(CC=C(C)C)C3(C)C. The Balaban J connectivity index is 1.95. The molecule has 3 N–H and O–H groups in total. The highest BCUT2D eigenvalue weighted by molar-refractivity contribution is 6.01. The lowest BCUT2D eigenvalue weighted by atomic mass is 9.35. The summed E-state index contributed by atoms with van der Waals surface area (Å²) in [6.45, 7) is 20.8. The van der Waals surface area contributed by atoms with Crippen LogP contribution in [0.5, 0.6) is 11.5 Å². The van der Waals surface area contributed by atoms with Crippen LogP contribution in [0.15, 0.2) is 68.4 Å². The van der Waals surface area contributed by atoms with Crippen molar-refractivity contribution in [1.82, 2.24) is 0 Å². The standard InChI is InChI=1S/C38H48O6/c1-21(2)10-12-25-19-36-20-26(13-11-22(3)4)35(8,9)37(34(36)42,15-14-23(5)6)33-31(38(36,43)18-24(25)7)32(41)27-16-28(39)29(40)17-30(27)44-33/h10-11,14,16-17,25-26,39-40,43H,7,12-13,15,18-20H2,1-6,8-9H3. The van der Waals surface area contributed by atoms with E-state index in [9.17, 15) is 20.1 Å². The average molecular weight is 601 g/mol. The maximum atomic E-state index is 15.6. The van der Waals surface area contributed by atoms with Crippen LogP contribution in [0.3, 0.4) is 0 Å². The van der Waals surface area contributed by atoms with Crippen LogP contribution in [0.1, 0.15) is 105 Å². The number of aromatic hydroxyl groups is 2. The van der Waals surface area contributed by atoms with Gasteiger partial charge in [-0.1, -0.05) is 60.9 Å². The van der Waals surface area contributed by atoms with Crippen LogP contribution in [0, 0.1) is 22.7 Å². The lowest BCUT2D eigenvalue weighted by molar-refractivity contribution is -0.203. The Kier molecular flexibility index (Phi) is 7.72. The number of phenols is 2. The van der Waals surface area contributed by atoms with Crippen molar-refractivity contribution in [3.63, 3.8) is 0 Å². The highest BCUT2D eigenvalue weighted by Crippen LogP contribution is 2.72. The normalized spacial score (nSPS) is 30.3. The minimum atomic E-state index is -1.84. The van der Waals surface area contributed by atoms with E-state index in [0.717, 1.165) is 17.6 Å². The van der Waals surface area contributed by atoms with Crippen LogP contribution in [0.25, 0.3) is 11.0 Å². The third-order valence-corrected chi connectivity index (χ3v) is 11.2. The topological polar surface area (TPSA) is 108 Å². The zero-order valence-electron chi connectivity index (χ0n) is 27.6. The number of hydrogen-bond donors (Lipinski definition) is 3. The second-order valence-electron chi connectivity index (χ2n) is 15.0. The number of hydrogen-bond acceptors (Lipinski definition) is 6. The summed E-state index contributed by atoms with van der Waals surface area (Å²) >= 11 is 0. The molecular weight excluding hydrogens is 552 g/mol. The van der Waals surface area contributed by atoms with Gasteiger partial charge in [0.15, 0.2) is 22.7 Å². The quantitative estimate of drug-likeness (QED) is 0.227. The molecule has 6 nitrogen and oxygen atoms in total. The minimum Gasteiger partial charge on any atom is -0.504 e. The van der Waals surface area contributed by atoms with Gasteiger partial charge in [-0.25, -0.2) is 0 Å². The minimum absolute atomic E-state index is 0.00924. The molecule has 5 atom stereocenters. The summed E-state index contributed by atoms with van der Waals surface area (Å²) in [6.07, 6.45) is 9.07. The Morgan fingerprint density at radius 2 is 1.52 bits per heavy atom. The van der Waals surface area contributed by atoms with Crippen molar-refractivity contribution in [3.8, 4) is 11.5 Å². The van der Waals surface area contributed by atoms with E-state index < -0.39 is 38.8 Å². The van der Waals surface area contributed by atoms with Crippen LogP contribution >= 0.6 is 0 Å². The van der Waals surface area contributed by atoms with Gasteiger partial charge in [0, 0.05) is 12.5 Å². The fraction of sp³-hybridized carbons (Fsp3) is 0.526. The van der Waals surface area contributed by atoms with E-state index in [4.69, 9.17) is 4.42 Å². The fourth-order valence-corrected chi connectivity index (χ4v) is 8.53. The van der Waals surface area contributed by atoms with Crippen LogP contribution in [-0.2, 0) is 15.8 Å². The fourth-order valence-electron chi connectivity index (χ4n) is 8.53. The number of carbonyl (C=O) groups is 1. The summed E-state index contributed by atoms with van der Waals surface area (Å²) in [6, 6.07) is 2.42. The number of fused-ring (bicyclic) bond motifs is 5. The first-order valence-corrected chi connectivity index (χ1v) is 15.8. The van der Waals surface area contributed by atoms with E-state index in [0.29, 0.717) is 25.7 Å². The summed E-state index contributed by atoms with van der Waals surface area (Å²) in [5.74, 6) is -0.804. The number of Topliss-reactive ketones (excluding diaryl/α,β-unsaturated/α-hetero) is 1. The van der Waals surface area contributed by atoms with Crippen molar-refractivity contribution >= 4 is 16.8 Å². The molecule has 0 saturated heterocycles. The smallest absolute Gasteiger partial charge is 0.199 e. The molecule has 3 aliphatic rings. The van der Waals surface area contributed by atoms with E-state index in [-0.39, 0.29) is 46.3 Å². The van der Waals surface area contributed by atoms with E-state index in [1.807, 2.05) is 19.9 Å². The molecule has 2 aromatic rings. The monoisotopic (exact) mass is 600 g/mol. The molecule has 0 aliphatic heterocycles. The molecule has 2 saturated carbocycles. The van der Waals surface area contributed by atoms with Gasteiger partial charge in [-0.15, -0.1) is 0 Å². The summed E-state index contributed by atoms with van der Waals surface area (Å²) in [4.78, 5) is 30.3. The predicted octanol–water partition coefficient (Wildman–Crippen LogP) is 8.28. The second kappa shape index (κ2) is 10.6. The maximum Gasteiger partial charge on any atom is 0.199 e. The first kappa shape index (κ1) is 32.0. The van der Waals surface area contributed by atoms with Crippen LogP contribution < -0.4 is 5.43 Å². The van der Waals surface area contributed by atoms with Crippen molar-refractivity contribution in [2.75, 3.05) is 0 Å². The van der Waals surface area contributed by atoms with Gasteiger partial charge >= 0.3 is 0 Å². The van der Waals surface area contributed by atoms with E-state index in [2.05, 4.69) is 60.3 Å². The number of allylic oxidation sites excluding steroid dienone is 6. The Hall–Kier alpha value is -3.38. The molecule has 5 unspecified atom stereocenters. The first-order valence-electron chi connectivity index (χ1n) is 15.8. The number of carbonyl (C=O) groups excluding carboxylic acids is 1. The number of rotatable bonds is 6. The van der Waals surface area contributed by atoms with Crippen LogP contribution in [0.2, 0.25) is 0 Å². The van der Waals surface area contributed by atoms with Crippen molar-refractivity contribution in [1.29, 1.82) is 0 Å². The largest absolute Gasteiger partial charge is 0.504 e. The molecule has 1 aromatic heterocycles. The zero-order valence-corrected chi connectivity index (χ0v) is 27.6. The summed E-state index contributed by atoms with van der Waals surface area (Å²) < 4.78 is 6.62. The van der Waals surface area contributed by atoms with Crippen molar-refractivity contribution < 1.29 is 24.5 Å². The Morgan fingerprint density at radius 3 is 2.14 bits per heavy atom. The van der Waals surface area contributed by atoms with E-state index in [1.165, 1.54) is 23.3 Å². The lowest BCUT2D eigenvalue weighted by Crippen LogP contribution is -2.73. The third kappa shape index (κ3) is 4.39. The highest BCUT2D eigenvalue weighted by atomic mass is 16.3. The Labute approximate surface area is 260 Å². The van der Waals surface area contributed by atoms with Gasteiger partial charge in [-0.3, -0.25) is 9.59 Å². The molecule has 0 radical (unpaired) electrons. The molecule has 5 rings (SSSR count). The van der Waals surface area contributed by atoms with Gasteiger partial charge in [0.05, 0.1) is 21.8 Å². The molecule has 2 bridgehead atoms. The second-order valence-corrected chi connectivity index (χ2v) is 15.0. The molecule has 236 valence electrons. The number of aliphatic hydroxyl groups is 1. The van der Waals surface area contributed by atoms with Crippen molar-refractivity contribution in [2.45, 2.75) is 105 Å². The first-order chi connectivity index (χ1) is 20.4. The van der Waals surface area contributed by atoms with Crippen LogP contribution in [0.4, 0.5) is 0 Å². The molecule has 2 fully saturated rings. The number of ketones is 1. The predicted molar refractivity (Wildman–Crippen MR) is 175 cm³/mol. The van der Waals surface area contributed by atoms with E-state index >= 15 is 4.79 Å². The Bertz CT molecular complexity index is 1700. The molecule has 0 amide bonds. The summed E-state index contributed by atoms with van der Waals surface area (Å²) in [7, 11) is 0. The molecule has 44 heavy (non-hydrogen) atoms. The zero-order chi connectivity index (χ0) is 32.6. The van der Waals surface area contributed by atoms with Gasteiger partial charge in [0.25, 0.3) is 0 Å². The third-order valence-electron chi connectivity index (χ3n) is 11.2. The molecule has 3 aliphatic carbocycles. The molecule has 6 heteroatoms. The van der Waals surface area contributed by atoms with Gasteiger partial charge in [-0.05, 0) is 97.0 Å². The van der Waals surface area contributed by atoms with Gasteiger partial charge in [-0.2, -0.15) is 0 Å². The van der Waals surface area contributed by atoms with Gasteiger partial charge in [0.1, 0.15) is 16.9 Å². The molecule has 1 heterocycles. The average Bonchev–Trinajstić information content (AvgIpc) is 2.91.